The first kappa shape index (κ1) is 10.6. The van der Waals surface area contributed by atoms with E-state index in [1.54, 1.807) is 0 Å². The molecule has 5 heteroatoms. The molecule has 1 aromatic carbocycles. The Bertz CT molecular complexity index is 427. The molecule has 1 aromatic heterocycles. The van der Waals surface area contributed by atoms with Gasteiger partial charge in [0.05, 0.1) is 6.54 Å². The lowest BCUT2D eigenvalue weighted by Crippen LogP contribution is -2.04. The van der Waals surface area contributed by atoms with E-state index in [1.807, 2.05) is 18.2 Å². The fraction of sp³-hybridized carbons (Fsp3) is 0.273. The van der Waals surface area contributed by atoms with Crippen molar-refractivity contribution in [3.05, 3.63) is 41.8 Å². The monoisotopic (exact) mass is 218 g/mol. The van der Waals surface area contributed by atoms with Crippen molar-refractivity contribution in [2.24, 2.45) is 5.73 Å². The minimum atomic E-state index is 0.271. The highest BCUT2D eigenvalue weighted by Gasteiger charge is 2.02. The van der Waals surface area contributed by atoms with Crippen LogP contribution in [0.3, 0.4) is 0 Å². The standard InChI is InChI=1S/C11H14N4O/c12-8-10-14-15-11(16-10)13-7-6-9-4-2-1-3-5-9/h1-5H,6-8,12H2,(H,13,15). The molecular weight excluding hydrogens is 204 g/mol. The number of aromatic nitrogens is 2. The van der Waals surface area contributed by atoms with Crippen LogP contribution in [-0.4, -0.2) is 16.7 Å². The summed E-state index contributed by atoms with van der Waals surface area (Å²) < 4.78 is 5.21. The first-order chi connectivity index (χ1) is 7.88. The van der Waals surface area contributed by atoms with Crippen molar-refractivity contribution in [1.82, 2.24) is 10.2 Å². The number of benzene rings is 1. The highest BCUT2D eigenvalue weighted by atomic mass is 16.4. The van der Waals surface area contributed by atoms with E-state index in [-0.39, 0.29) is 6.54 Å². The second kappa shape index (κ2) is 5.27. The van der Waals surface area contributed by atoms with Crippen LogP contribution in [0.1, 0.15) is 11.5 Å². The Kier molecular flexibility index (Phi) is 3.50. The Morgan fingerprint density at radius 3 is 2.69 bits per heavy atom. The predicted molar refractivity (Wildman–Crippen MR) is 60.8 cm³/mol. The normalized spacial score (nSPS) is 10.3. The molecule has 16 heavy (non-hydrogen) atoms. The van der Waals surface area contributed by atoms with Gasteiger partial charge in [0.1, 0.15) is 0 Å². The van der Waals surface area contributed by atoms with E-state index in [2.05, 4.69) is 27.6 Å². The van der Waals surface area contributed by atoms with Crippen LogP contribution in [-0.2, 0) is 13.0 Å². The number of hydrogen-bond acceptors (Lipinski definition) is 5. The number of rotatable bonds is 5. The van der Waals surface area contributed by atoms with Gasteiger partial charge in [-0.15, -0.1) is 5.10 Å². The summed E-state index contributed by atoms with van der Waals surface area (Å²) in [6.07, 6.45) is 0.918. The number of nitrogens with two attached hydrogens (primary N) is 1. The van der Waals surface area contributed by atoms with Crippen molar-refractivity contribution in [3.8, 4) is 0 Å². The Morgan fingerprint density at radius 1 is 1.19 bits per heavy atom. The molecule has 0 unspecified atom stereocenters. The van der Waals surface area contributed by atoms with Crippen LogP contribution >= 0.6 is 0 Å². The molecule has 0 radical (unpaired) electrons. The van der Waals surface area contributed by atoms with Gasteiger partial charge in [-0.05, 0) is 12.0 Å². The molecule has 84 valence electrons. The molecule has 2 rings (SSSR count). The molecule has 5 nitrogen and oxygen atoms in total. The lowest BCUT2D eigenvalue weighted by molar-refractivity contribution is 0.507. The van der Waals surface area contributed by atoms with Crippen LogP contribution in [0.4, 0.5) is 6.01 Å². The molecule has 0 aliphatic carbocycles. The third-order valence-electron chi connectivity index (χ3n) is 2.17. The maximum Gasteiger partial charge on any atom is 0.315 e. The van der Waals surface area contributed by atoms with E-state index in [9.17, 15) is 0 Å². The van der Waals surface area contributed by atoms with E-state index in [4.69, 9.17) is 10.2 Å². The Balaban J connectivity index is 1.80. The highest BCUT2D eigenvalue weighted by Crippen LogP contribution is 2.05. The number of nitrogens with one attached hydrogen (secondary N) is 1. The number of hydrogen-bond donors (Lipinski definition) is 2. The summed E-state index contributed by atoms with van der Waals surface area (Å²) in [6, 6.07) is 10.6. The van der Waals surface area contributed by atoms with Crippen LogP contribution in [0.15, 0.2) is 34.7 Å². The van der Waals surface area contributed by atoms with Crippen LogP contribution in [0.2, 0.25) is 0 Å². The minimum Gasteiger partial charge on any atom is -0.407 e. The summed E-state index contributed by atoms with van der Waals surface area (Å²) >= 11 is 0. The molecule has 0 bridgehead atoms. The van der Waals surface area contributed by atoms with E-state index in [0.29, 0.717) is 11.9 Å². The molecule has 3 N–H and O–H groups in total. The highest BCUT2D eigenvalue weighted by molar-refractivity contribution is 5.20. The zero-order valence-electron chi connectivity index (χ0n) is 8.89. The van der Waals surface area contributed by atoms with Crippen molar-refractivity contribution in [2.75, 3.05) is 11.9 Å². The Morgan fingerprint density at radius 2 is 2.00 bits per heavy atom. The summed E-state index contributed by atoms with van der Waals surface area (Å²) in [4.78, 5) is 0. The van der Waals surface area contributed by atoms with Crippen molar-refractivity contribution in [1.29, 1.82) is 0 Å². The summed E-state index contributed by atoms with van der Waals surface area (Å²) in [7, 11) is 0. The van der Waals surface area contributed by atoms with Crippen LogP contribution < -0.4 is 11.1 Å². The maximum atomic E-state index is 5.36. The first-order valence-electron chi connectivity index (χ1n) is 5.19. The van der Waals surface area contributed by atoms with Gasteiger partial charge >= 0.3 is 6.01 Å². The van der Waals surface area contributed by atoms with Crippen molar-refractivity contribution >= 4 is 6.01 Å². The fourth-order valence-corrected chi connectivity index (χ4v) is 1.37. The van der Waals surface area contributed by atoms with E-state index in [0.717, 1.165) is 13.0 Å². The third kappa shape index (κ3) is 2.80. The van der Waals surface area contributed by atoms with Crippen LogP contribution in [0, 0.1) is 0 Å². The van der Waals surface area contributed by atoms with E-state index >= 15 is 0 Å². The van der Waals surface area contributed by atoms with Gasteiger partial charge in [-0.3, -0.25) is 0 Å². The molecule has 0 atom stereocenters. The van der Waals surface area contributed by atoms with Gasteiger partial charge in [-0.2, -0.15) is 0 Å². The zero-order chi connectivity index (χ0) is 11.2. The second-order valence-corrected chi connectivity index (χ2v) is 3.37. The van der Waals surface area contributed by atoms with Crippen LogP contribution in [0.25, 0.3) is 0 Å². The molecule has 0 amide bonds. The van der Waals surface area contributed by atoms with E-state index in [1.165, 1.54) is 5.56 Å². The second-order valence-electron chi connectivity index (χ2n) is 3.37. The minimum absolute atomic E-state index is 0.271. The number of nitrogens with zero attached hydrogens (tertiary/aromatic N) is 2. The molecule has 0 fully saturated rings. The van der Waals surface area contributed by atoms with Crippen LogP contribution in [0.5, 0.6) is 0 Å². The fourth-order valence-electron chi connectivity index (χ4n) is 1.37. The van der Waals surface area contributed by atoms with E-state index < -0.39 is 0 Å². The quantitative estimate of drug-likeness (QED) is 0.788. The largest absolute Gasteiger partial charge is 0.407 e. The number of anilines is 1. The molecular formula is C11H14N4O. The van der Waals surface area contributed by atoms with Crippen molar-refractivity contribution in [3.63, 3.8) is 0 Å². The smallest absolute Gasteiger partial charge is 0.315 e. The van der Waals surface area contributed by atoms with Gasteiger partial charge in [-0.25, -0.2) is 0 Å². The molecule has 0 aliphatic heterocycles. The van der Waals surface area contributed by atoms with Gasteiger partial charge < -0.3 is 15.5 Å². The SMILES string of the molecule is NCc1nnc(NCCc2ccccc2)o1. The molecule has 0 saturated carbocycles. The molecule has 2 aromatic rings. The molecule has 0 saturated heterocycles. The predicted octanol–water partition coefficient (Wildman–Crippen LogP) is 1.18. The average molecular weight is 218 g/mol. The van der Waals surface area contributed by atoms with Gasteiger partial charge in [0.15, 0.2) is 0 Å². The zero-order valence-corrected chi connectivity index (χ0v) is 8.89. The molecule has 0 spiro atoms. The summed E-state index contributed by atoms with van der Waals surface area (Å²) in [6.45, 7) is 1.03. The maximum absolute atomic E-state index is 5.36. The van der Waals surface area contributed by atoms with Gasteiger partial charge in [0, 0.05) is 6.54 Å². The summed E-state index contributed by atoms with van der Waals surface area (Å²) in [5, 5.41) is 10.6. The lowest BCUT2D eigenvalue weighted by atomic mass is 10.1. The average Bonchev–Trinajstić information content (AvgIpc) is 2.78. The van der Waals surface area contributed by atoms with Gasteiger partial charge in [0.2, 0.25) is 5.89 Å². The Labute approximate surface area is 93.7 Å². The lowest BCUT2D eigenvalue weighted by Gasteiger charge is -2.01. The first-order valence-corrected chi connectivity index (χ1v) is 5.19. The van der Waals surface area contributed by atoms with Gasteiger partial charge in [0.25, 0.3) is 0 Å². The Hall–Kier alpha value is -1.88. The van der Waals surface area contributed by atoms with Gasteiger partial charge in [-0.1, -0.05) is 35.4 Å². The van der Waals surface area contributed by atoms with Crippen molar-refractivity contribution < 1.29 is 4.42 Å². The summed E-state index contributed by atoms with van der Waals surface area (Å²) in [5.41, 5.74) is 6.63. The topological polar surface area (TPSA) is 77.0 Å². The molecule has 0 aliphatic rings. The third-order valence-corrected chi connectivity index (χ3v) is 2.17. The van der Waals surface area contributed by atoms with Crippen molar-refractivity contribution in [2.45, 2.75) is 13.0 Å². The molecule has 1 heterocycles. The summed E-state index contributed by atoms with van der Waals surface area (Å²) in [5.74, 6) is 0.446.